The molecule has 1 aliphatic rings. The molecule has 1 fully saturated rings. The van der Waals surface area contributed by atoms with Crippen LogP contribution in [-0.2, 0) is 48.2 Å². The van der Waals surface area contributed by atoms with Crippen molar-refractivity contribution in [2.24, 2.45) is 0 Å². The first-order valence-corrected chi connectivity index (χ1v) is 17.2. The van der Waals surface area contributed by atoms with E-state index in [0.29, 0.717) is 11.4 Å². The summed E-state index contributed by atoms with van der Waals surface area (Å²) in [6.45, 7) is 1.23. The van der Waals surface area contributed by atoms with Crippen LogP contribution in [0.1, 0.15) is 41.5 Å². The summed E-state index contributed by atoms with van der Waals surface area (Å²) >= 11 is 0. The zero-order valence-corrected chi connectivity index (χ0v) is 30.0. The highest BCUT2D eigenvalue weighted by atomic mass is 16.7. The van der Waals surface area contributed by atoms with Crippen molar-refractivity contribution < 1.29 is 59.0 Å². The van der Waals surface area contributed by atoms with Crippen LogP contribution < -0.4 is 27.2 Å². The van der Waals surface area contributed by atoms with Gasteiger partial charge in [-0.25, -0.2) is 24.2 Å². The van der Waals surface area contributed by atoms with Gasteiger partial charge in [-0.2, -0.15) is 4.98 Å². The molecular weight excluding hydrogens is 758 g/mol. The maximum Gasteiger partial charge on any atom is 0.335 e. The van der Waals surface area contributed by atoms with E-state index in [9.17, 15) is 49.2 Å². The number of aliphatic hydroxyl groups excluding tert-OH is 3. The summed E-state index contributed by atoms with van der Waals surface area (Å²) in [4.78, 5) is 88.0. The van der Waals surface area contributed by atoms with Crippen molar-refractivity contribution in [2.75, 3.05) is 17.7 Å². The standard InChI is InChI=1S/C33H39N11O13/c1-14(45)20(10-17-13-44(43-42-17)8-9-56-32-25(49)23(47)24(48)26(57-32)31(54)55)38-21(46)7-6-19(30(52)53)39-28(50)15-2-4-16(5-3-15)35-11-18-12-36-27-22(37-18)29(51)41-33(34)40-27/h2-5,12-13,19-20,23-26,32,35,47-49H,6-11H2,1H3,(H,38,46)(H,39,50)(H,52,53)(H,54,55)(H3,34,36,40,41,51)/t19-,20-,23-,24?,25+,26?,32?/m0/s1. The molecule has 0 radical (unpaired) electrons. The molecule has 1 saturated heterocycles. The lowest BCUT2D eigenvalue weighted by Gasteiger charge is -2.38. The summed E-state index contributed by atoms with van der Waals surface area (Å²) in [6, 6.07) is 3.56. The summed E-state index contributed by atoms with van der Waals surface area (Å²) in [6.07, 6.45) is -6.68. The highest BCUT2D eigenvalue weighted by Gasteiger charge is 2.47. The molecular formula is C33H39N11O13. The number of aromatic amines is 1. The minimum absolute atomic E-state index is 0.0112. The Labute approximate surface area is 320 Å². The van der Waals surface area contributed by atoms with E-state index in [-0.39, 0.29) is 67.3 Å². The Balaban J connectivity index is 1.06. The van der Waals surface area contributed by atoms with Crippen molar-refractivity contribution in [3.63, 3.8) is 0 Å². The molecule has 24 nitrogen and oxygen atoms in total. The number of carboxylic acids is 2. The van der Waals surface area contributed by atoms with Crippen molar-refractivity contribution in [3.8, 4) is 0 Å². The minimum Gasteiger partial charge on any atom is -0.480 e. The number of hydrogen-bond acceptors (Lipinski definition) is 18. The third-order valence-electron chi connectivity index (χ3n) is 8.61. The highest BCUT2D eigenvalue weighted by Crippen LogP contribution is 2.22. The number of ketones is 1. The molecule has 5 rings (SSSR count). The Morgan fingerprint density at radius 2 is 1.74 bits per heavy atom. The Kier molecular flexibility index (Phi) is 13.5. The third kappa shape index (κ3) is 10.9. The molecule has 24 heteroatoms. The van der Waals surface area contributed by atoms with E-state index in [2.05, 4.69) is 46.2 Å². The number of amides is 2. The van der Waals surface area contributed by atoms with Crippen molar-refractivity contribution >= 4 is 52.3 Å². The zero-order valence-electron chi connectivity index (χ0n) is 30.0. The molecule has 0 spiro atoms. The Morgan fingerprint density at radius 3 is 2.42 bits per heavy atom. The second-order valence-corrected chi connectivity index (χ2v) is 12.8. The van der Waals surface area contributed by atoms with Crippen LogP contribution in [0.25, 0.3) is 11.2 Å². The van der Waals surface area contributed by atoms with Gasteiger partial charge < -0.3 is 56.7 Å². The first kappa shape index (κ1) is 41.7. The fraction of sp³-hybridized carbons (Fsp3) is 0.424. The van der Waals surface area contributed by atoms with Crippen LogP contribution in [0.15, 0.2) is 41.5 Å². The third-order valence-corrected chi connectivity index (χ3v) is 8.61. The molecule has 1 aromatic carbocycles. The number of nitrogens with one attached hydrogen (secondary N) is 4. The van der Waals surface area contributed by atoms with E-state index in [1.807, 2.05) is 0 Å². The number of nitrogens with zero attached hydrogens (tertiary/aromatic N) is 6. The van der Waals surface area contributed by atoms with Crippen LogP contribution in [0.3, 0.4) is 0 Å². The molecule has 2 amide bonds. The fourth-order valence-electron chi connectivity index (χ4n) is 5.53. The summed E-state index contributed by atoms with van der Waals surface area (Å²) in [5.41, 5.74) is 6.53. The number of carboxylic acid groups (broad SMARTS) is 2. The molecule has 0 saturated carbocycles. The molecule has 3 unspecified atom stereocenters. The average molecular weight is 798 g/mol. The zero-order chi connectivity index (χ0) is 41.4. The number of H-pyrrole nitrogens is 1. The van der Waals surface area contributed by atoms with Gasteiger partial charge in [0.05, 0.1) is 43.3 Å². The number of nitrogens with two attached hydrogens (primary N) is 1. The first-order valence-electron chi connectivity index (χ1n) is 17.2. The quantitative estimate of drug-likeness (QED) is 0.0471. The van der Waals surface area contributed by atoms with Gasteiger partial charge in [-0.05, 0) is 37.6 Å². The van der Waals surface area contributed by atoms with Crippen molar-refractivity contribution in [1.29, 1.82) is 0 Å². The van der Waals surface area contributed by atoms with Gasteiger partial charge in [0.25, 0.3) is 11.5 Å². The monoisotopic (exact) mass is 797 g/mol. The maximum atomic E-state index is 12.9. The number of carbonyl (C=O) groups excluding carboxylic acids is 3. The van der Waals surface area contributed by atoms with Gasteiger partial charge in [0.2, 0.25) is 11.9 Å². The minimum atomic E-state index is -1.87. The van der Waals surface area contributed by atoms with Gasteiger partial charge in [-0.3, -0.25) is 24.2 Å². The van der Waals surface area contributed by atoms with Gasteiger partial charge in [0.15, 0.2) is 29.3 Å². The van der Waals surface area contributed by atoms with E-state index < -0.39 is 77.9 Å². The largest absolute Gasteiger partial charge is 0.480 e. The lowest BCUT2D eigenvalue weighted by molar-refractivity contribution is -0.294. The molecule has 3 aromatic heterocycles. The topological polar surface area (TPSA) is 369 Å². The van der Waals surface area contributed by atoms with Crippen LogP contribution in [-0.4, -0.2) is 139 Å². The van der Waals surface area contributed by atoms with Crippen LogP contribution in [0.4, 0.5) is 11.6 Å². The lowest BCUT2D eigenvalue weighted by Crippen LogP contribution is -2.60. The number of hydrogen-bond donors (Lipinski definition) is 10. The summed E-state index contributed by atoms with van der Waals surface area (Å²) in [5.74, 6) is -4.83. The number of aliphatic hydroxyl groups is 3. The van der Waals surface area contributed by atoms with Gasteiger partial charge in [0, 0.05) is 30.3 Å². The van der Waals surface area contributed by atoms with E-state index in [1.165, 1.54) is 36.1 Å². The SMILES string of the molecule is CC(=O)[C@H](Cc1cn(CCOC2OC(C(=O)O)C(O)[C@H](O)[C@H]2O)nn1)NC(=O)CC[C@H](NC(=O)c1ccc(NCc2cnc3nc(N)[nH]c(=O)c3n2)cc1)C(=O)O. The van der Waals surface area contributed by atoms with Crippen LogP contribution in [0.5, 0.6) is 0 Å². The van der Waals surface area contributed by atoms with Crippen LogP contribution in [0, 0.1) is 0 Å². The first-order chi connectivity index (χ1) is 27.1. The molecule has 57 heavy (non-hydrogen) atoms. The predicted octanol–water partition coefficient (Wildman–Crippen LogP) is -3.31. The van der Waals surface area contributed by atoms with E-state index in [0.717, 1.165) is 0 Å². The van der Waals surface area contributed by atoms with E-state index in [4.69, 9.17) is 20.3 Å². The molecule has 304 valence electrons. The smallest absolute Gasteiger partial charge is 0.335 e. The summed E-state index contributed by atoms with van der Waals surface area (Å²) < 4.78 is 11.7. The van der Waals surface area contributed by atoms with Crippen molar-refractivity contribution in [1.82, 2.24) is 45.6 Å². The second-order valence-electron chi connectivity index (χ2n) is 12.8. The summed E-state index contributed by atoms with van der Waals surface area (Å²) in [5, 5.41) is 64.5. The Morgan fingerprint density at radius 1 is 1.00 bits per heavy atom. The number of benzene rings is 1. The van der Waals surface area contributed by atoms with Crippen LogP contribution in [0.2, 0.25) is 0 Å². The molecule has 0 bridgehead atoms. The average Bonchev–Trinajstić information content (AvgIpc) is 3.62. The van der Waals surface area contributed by atoms with Gasteiger partial charge in [-0.15, -0.1) is 5.10 Å². The number of fused-ring (bicyclic) bond motifs is 1. The predicted molar refractivity (Wildman–Crippen MR) is 191 cm³/mol. The van der Waals surface area contributed by atoms with Gasteiger partial charge >= 0.3 is 11.9 Å². The Hall–Kier alpha value is -6.47. The lowest BCUT2D eigenvalue weighted by atomic mass is 9.99. The number of nitrogen functional groups attached to an aromatic ring is 1. The number of aromatic nitrogens is 7. The number of anilines is 2. The molecule has 11 N–H and O–H groups in total. The van der Waals surface area contributed by atoms with Crippen molar-refractivity contribution in [3.05, 3.63) is 64.0 Å². The molecule has 1 aliphatic heterocycles. The maximum absolute atomic E-state index is 12.9. The van der Waals surface area contributed by atoms with Crippen molar-refractivity contribution in [2.45, 2.75) is 82.1 Å². The molecule has 4 aromatic rings. The molecule has 4 heterocycles. The van der Waals surface area contributed by atoms with Gasteiger partial charge in [-0.1, -0.05) is 5.21 Å². The molecule has 7 atom stereocenters. The number of rotatable bonds is 18. The number of Topliss-reactive ketones (excluding diaryl/α,β-unsaturated/α-hetero) is 1. The number of carbonyl (C=O) groups is 5. The number of aliphatic carboxylic acids is 2. The second kappa shape index (κ2) is 18.4. The van der Waals surface area contributed by atoms with E-state index >= 15 is 0 Å². The van der Waals surface area contributed by atoms with Gasteiger partial charge in [0.1, 0.15) is 24.4 Å². The molecule has 0 aliphatic carbocycles. The van der Waals surface area contributed by atoms with E-state index in [1.54, 1.807) is 12.1 Å². The summed E-state index contributed by atoms with van der Waals surface area (Å²) in [7, 11) is 0. The Bertz CT molecular complexity index is 2160. The fourth-order valence-corrected chi connectivity index (χ4v) is 5.53. The van der Waals surface area contributed by atoms with Crippen LogP contribution >= 0.6 is 0 Å². The highest BCUT2D eigenvalue weighted by molar-refractivity contribution is 5.97. The normalized spacial score (nSPS) is 20.3. The number of ether oxygens (including phenoxy) is 2.